The number of fused-ring (bicyclic) bond motifs is 1. The summed E-state index contributed by atoms with van der Waals surface area (Å²) in [4.78, 5) is 35.5. The van der Waals surface area contributed by atoms with Crippen LogP contribution in [-0.4, -0.2) is 49.6 Å². The number of primary amides is 1. The molecule has 1 aliphatic carbocycles. The molecule has 1 saturated heterocycles. The summed E-state index contributed by atoms with van der Waals surface area (Å²) in [6.07, 6.45) is 6.38. The lowest BCUT2D eigenvalue weighted by molar-refractivity contribution is -0.131. The van der Waals surface area contributed by atoms with Gasteiger partial charge in [-0.1, -0.05) is 6.08 Å². The van der Waals surface area contributed by atoms with Crippen molar-refractivity contribution in [3.8, 4) is 22.8 Å². The van der Waals surface area contributed by atoms with Crippen molar-refractivity contribution in [3.63, 3.8) is 0 Å². The average molecular weight is 560 g/mol. The number of aromatic nitrogens is 4. The minimum absolute atomic E-state index is 0.0335. The molecule has 6 rings (SSSR count). The number of rotatable bonds is 7. The minimum atomic E-state index is -0.719. The van der Waals surface area contributed by atoms with E-state index < -0.39 is 17.5 Å². The largest absolute Gasteiger partial charge is 0.454 e. The molecule has 2 aromatic heterocycles. The van der Waals surface area contributed by atoms with Gasteiger partial charge in [0.25, 0.3) is 11.8 Å². The Labute approximate surface area is 233 Å². The Bertz CT molecular complexity index is 1680. The predicted molar refractivity (Wildman–Crippen MR) is 146 cm³/mol. The van der Waals surface area contributed by atoms with Gasteiger partial charge in [-0.05, 0) is 68.0 Å². The van der Waals surface area contributed by atoms with Crippen LogP contribution < -0.4 is 16.2 Å². The third-order valence-corrected chi connectivity index (χ3v) is 7.32. The first-order valence-electron chi connectivity index (χ1n) is 13.3. The molecule has 3 heterocycles. The van der Waals surface area contributed by atoms with Gasteiger partial charge in [0, 0.05) is 24.7 Å². The van der Waals surface area contributed by atoms with Crippen LogP contribution in [0.15, 0.2) is 60.4 Å². The normalized spacial score (nSPS) is 17.6. The van der Waals surface area contributed by atoms with Crippen LogP contribution in [0.2, 0.25) is 0 Å². The van der Waals surface area contributed by atoms with Crippen molar-refractivity contribution in [2.45, 2.75) is 31.7 Å². The third-order valence-electron chi connectivity index (χ3n) is 7.32. The zero-order valence-electron chi connectivity index (χ0n) is 22.0. The molecule has 0 spiro atoms. The van der Waals surface area contributed by atoms with Crippen LogP contribution in [0.1, 0.15) is 31.7 Å². The maximum Gasteiger partial charge on any atom is 0.259 e. The van der Waals surface area contributed by atoms with Gasteiger partial charge in [-0.25, -0.2) is 23.4 Å². The quantitative estimate of drug-likeness (QED) is 0.197. The van der Waals surface area contributed by atoms with Crippen molar-refractivity contribution in [3.05, 3.63) is 72.1 Å². The van der Waals surface area contributed by atoms with Crippen LogP contribution in [0.4, 0.5) is 14.6 Å². The molecule has 1 unspecified atom stereocenters. The molecule has 1 atom stereocenters. The predicted octanol–water partition coefficient (Wildman–Crippen LogP) is 4.13. The first kappa shape index (κ1) is 26.4. The number of likely N-dealkylation sites (tertiary alicyclic amines) is 1. The van der Waals surface area contributed by atoms with E-state index >= 15 is 0 Å². The van der Waals surface area contributed by atoms with E-state index in [1.165, 1.54) is 6.33 Å². The molecule has 0 radical (unpaired) electrons. The lowest BCUT2D eigenvalue weighted by atomic mass is 10.0. The molecule has 4 aromatic rings. The summed E-state index contributed by atoms with van der Waals surface area (Å²) < 4.78 is 34.9. The summed E-state index contributed by atoms with van der Waals surface area (Å²) in [6, 6.07) is 9.44. The lowest BCUT2D eigenvalue weighted by Gasteiger charge is -2.33. The van der Waals surface area contributed by atoms with E-state index in [1.54, 1.807) is 39.9 Å². The molecule has 2 amide bonds. The summed E-state index contributed by atoms with van der Waals surface area (Å²) in [7, 11) is 0. The molecular formula is C29H27F2N7O3. The van der Waals surface area contributed by atoms with Gasteiger partial charge in [-0.15, -0.1) is 0 Å². The highest BCUT2D eigenvalue weighted by molar-refractivity contribution is 6.17. The van der Waals surface area contributed by atoms with Crippen LogP contribution in [0.25, 0.3) is 22.3 Å². The van der Waals surface area contributed by atoms with Gasteiger partial charge in [-0.2, -0.15) is 5.10 Å². The molecule has 10 nitrogen and oxygen atoms in total. The third kappa shape index (κ3) is 5.32. The summed E-state index contributed by atoms with van der Waals surface area (Å²) in [5.41, 5.74) is 13.6. The molecule has 1 aliphatic heterocycles. The van der Waals surface area contributed by atoms with Gasteiger partial charge in [0.15, 0.2) is 17.2 Å². The Morgan fingerprint density at radius 3 is 2.56 bits per heavy atom. The maximum absolute atomic E-state index is 14.0. The van der Waals surface area contributed by atoms with E-state index in [4.69, 9.17) is 21.3 Å². The molecule has 1 saturated carbocycles. The van der Waals surface area contributed by atoms with Gasteiger partial charge < -0.3 is 21.1 Å². The summed E-state index contributed by atoms with van der Waals surface area (Å²) >= 11 is 0. The molecule has 12 heteroatoms. The number of hydrogen-bond acceptors (Lipinski definition) is 7. The number of carbonyl (C=O) groups is 2. The number of nitrogens with zero attached hydrogens (tertiary/aromatic N) is 5. The molecular weight excluding hydrogens is 532 g/mol. The monoisotopic (exact) mass is 559 g/mol. The van der Waals surface area contributed by atoms with E-state index in [1.807, 2.05) is 0 Å². The van der Waals surface area contributed by atoms with E-state index in [0.717, 1.165) is 37.5 Å². The summed E-state index contributed by atoms with van der Waals surface area (Å²) in [5.74, 6) is -1.84. The zero-order valence-corrected chi connectivity index (χ0v) is 22.0. The minimum Gasteiger partial charge on any atom is -0.454 e. The Morgan fingerprint density at radius 1 is 1.05 bits per heavy atom. The number of allylic oxidation sites excluding steroid dienone is 1. The van der Waals surface area contributed by atoms with Gasteiger partial charge in [-0.3, -0.25) is 9.59 Å². The fourth-order valence-electron chi connectivity index (χ4n) is 5.08. The second-order valence-electron chi connectivity index (χ2n) is 10.3. The summed E-state index contributed by atoms with van der Waals surface area (Å²) in [5, 5.41) is 5.40. The van der Waals surface area contributed by atoms with E-state index in [-0.39, 0.29) is 35.0 Å². The number of piperidine rings is 1. The van der Waals surface area contributed by atoms with Crippen molar-refractivity contribution in [2.75, 3.05) is 18.8 Å². The number of carbonyl (C=O) groups excluding carboxylic acids is 2. The van der Waals surface area contributed by atoms with Gasteiger partial charge in [0.1, 0.15) is 35.0 Å². The Balaban J connectivity index is 1.30. The number of anilines is 1. The number of ether oxygens (including phenoxy) is 1. The molecule has 2 aliphatic rings. The van der Waals surface area contributed by atoms with Crippen molar-refractivity contribution in [2.24, 2.45) is 11.7 Å². The van der Waals surface area contributed by atoms with E-state index in [0.29, 0.717) is 47.6 Å². The average Bonchev–Trinajstić information content (AvgIpc) is 3.71. The number of nitrogen functional groups attached to an aromatic ring is 1. The van der Waals surface area contributed by atoms with Crippen LogP contribution >= 0.6 is 0 Å². The molecule has 2 fully saturated rings. The van der Waals surface area contributed by atoms with Crippen molar-refractivity contribution < 1.29 is 23.1 Å². The Morgan fingerprint density at radius 2 is 1.83 bits per heavy atom. The first-order valence-corrected chi connectivity index (χ1v) is 13.3. The fourth-order valence-corrected chi connectivity index (χ4v) is 5.08. The van der Waals surface area contributed by atoms with Crippen LogP contribution in [0, 0.1) is 17.6 Å². The van der Waals surface area contributed by atoms with Crippen LogP contribution in [-0.2, 0) is 9.59 Å². The van der Waals surface area contributed by atoms with Crippen molar-refractivity contribution in [1.82, 2.24) is 24.6 Å². The molecule has 4 N–H and O–H groups in total. The zero-order chi connectivity index (χ0) is 28.7. The van der Waals surface area contributed by atoms with E-state index in [2.05, 4.69) is 9.97 Å². The number of nitrogens with two attached hydrogens (primary N) is 2. The Hall–Kier alpha value is -4.87. The summed E-state index contributed by atoms with van der Waals surface area (Å²) in [6.45, 7) is 0.821. The first-order chi connectivity index (χ1) is 19.8. The highest BCUT2D eigenvalue weighted by atomic mass is 19.1. The SMILES string of the molecule is NC(=O)C(=CC1CC1)C(=O)N1CCCC(n2nc(-c3ccc(Oc4cc(F)ccc4F)cc3)c3c(N)ncnc32)C1. The second-order valence-corrected chi connectivity index (χ2v) is 10.3. The number of hydrogen-bond donors (Lipinski definition) is 2. The van der Waals surface area contributed by atoms with Gasteiger partial charge in [0.2, 0.25) is 0 Å². The standard InChI is InChI=1S/C29H27F2N7O3/c30-18-7-10-22(31)23(13-18)41-20-8-5-17(6-9-20)25-24-26(32)34-15-35-28(24)38(36-25)19-2-1-11-37(14-19)29(40)21(27(33)39)12-16-3-4-16/h5-10,12-13,15-16,19H,1-4,11,14H2,(H2,33,39)(H2,32,34,35). The fraction of sp³-hybridized carbons (Fsp3) is 0.276. The maximum atomic E-state index is 14.0. The smallest absolute Gasteiger partial charge is 0.259 e. The van der Waals surface area contributed by atoms with Crippen molar-refractivity contribution >= 4 is 28.7 Å². The number of amides is 2. The van der Waals surface area contributed by atoms with Crippen molar-refractivity contribution in [1.29, 1.82) is 0 Å². The highest BCUT2D eigenvalue weighted by Crippen LogP contribution is 2.36. The molecule has 2 aromatic carbocycles. The molecule has 0 bridgehead atoms. The number of halogens is 2. The van der Waals surface area contributed by atoms with Gasteiger partial charge in [0.05, 0.1) is 11.4 Å². The van der Waals surface area contributed by atoms with Crippen LogP contribution in [0.3, 0.4) is 0 Å². The highest BCUT2D eigenvalue weighted by Gasteiger charge is 2.32. The number of benzene rings is 2. The molecule has 210 valence electrons. The second kappa shape index (κ2) is 10.6. The lowest BCUT2D eigenvalue weighted by Crippen LogP contribution is -2.43. The van der Waals surface area contributed by atoms with E-state index in [9.17, 15) is 18.4 Å². The molecule has 41 heavy (non-hydrogen) atoms. The Kier molecular flexibility index (Phi) is 6.82. The van der Waals surface area contributed by atoms with Gasteiger partial charge >= 0.3 is 0 Å². The topological polar surface area (TPSA) is 142 Å². The van der Waals surface area contributed by atoms with Crippen LogP contribution in [0.5, 0.6) is 11.5 Å².